The maximum absolute atomic E-state index is 13.4. The summed E-state index contributed by atoms with van der Waals surface area (Å²) in [5.41, 5.74) is 1.89. The van der Waals surface area contributed by atoms with E-state index in [-0.39, 0.29) is 47.7 Å². The van der Waals surface area contributed by atoms with E-state index in [1.807, 2.05) is 30.3 Å². The summed E-state index contributed by atoms with van der Waals surface area (Å²) in [6.07, 6.45) is 2.94. The van der Waals surface area contributed by atoms with Gasteiger partial charge >= 0.3 is 0 Å². The summed E-state index contributed by atoms with van der Waals surface area (Å²) in [7, 11) is 0. The summed E-state index contributed by atoms with van der Waals surface area (Å²) in [6.45, 7) is 2.73. The van der Waals surface area contributed by atoms with Crippen LogP contribution in [0, 0.1) is 0 Å². The van der Waals surface area contributed by atoms with Gasteiger partial charge in [-0.2, -0.15) is 0 Å². The fraction of sp³-hybridized carbons (Fsp3) is 0.294. The molecule has 0 spiro atoms. The Morgan fingerprint density at radius 3 is 2.13 bits per heavy atom. The number of carbonyl (C=O) groups excluding carboxylic acids is 4. The van der Waals surface area contributed by atoms with E-state index in [4.69, 9.17) is 4.42 Å². The quantitative estimate of drug-likeness (QED) is 0.241. The van der Waals surface area contributed by atoms with Crippen molar-refractivity contribution in [2.75, 3.05) is 23.3 Å². The molecule has 2 saturated heterocycles. The first-order valence-corrected chi connectivity index (χ1v) is 15.1. The lowest BCUT2D eigenvalue weighted by Gasteiger charge is -2.27. The van der Waals surface area contributed by atoms with Gasteiger partial charge in [0.25, 0.3) is 11.8 Å². The fourth-order valence-corrected chi connectivity index (χ4v) is 5.89. The molecular formula is C34H34N6O5. The third-order valence-corrected chi connectivity index (χ3v) is 8.31. The molecule has 3 heterocycles. The van der Waals surface area contributed by atoms with E-state index in [9.17, 15) is 19.2 Å². The molecule has 4 aromatic rings. The zero-order valence-electron chi connectivity index (χ0n) is 24.9. The first kappa shape index (κ1) is 30.0. The zero-order valence-corrected chi connectivity index (χ0v) is 24.9. The summed E-state index contributed by atoms with van der Waals surface area (Å²) in [4.78, 5) is 53.2. The van der Waals surface area contributed by atoms with Crippen LogP contribution in [0.3, 0.4) is 0 Å². The minimum atomic E-state index is -1.27. The van der Waals surface area contributed by atoms with E-state index in [1.165, 1.54) is 11.8 Å². The zero-order chi connectivity index (χ0) is 31.4. The highest BCUT2D eigenvalue weighted by Gasteiger charge is 2.47. The molecule has 3 amide bonds. The number of hydrogen-bond donors (Lipinski definition) is 3. The van der Waals surface area contributed by atoms with Crippen LogP contribution in [0.4, 0.5) is 11.4 Å². The van der Waals surface area contributed by atoms with Crippen molar-refractivity contribution in [3.8, 4) is 22.9 Å². The molecule has 3 N–H and O–H groups in total. The molecule has 0 bridgehead atoms. The Morgan fingerprint density at radius 1 is 0.889 bits per heavy atom. The normalized spacial score (nSPS) is 19.3. The Bertz CT molecular complexity index is 1690. The highest BCUT2D eigenvalue weighted by Crippen LogP contribution is 2.29. The Morgan fingerprint density at radius 2 is 1.56 bits per heavy atom. The third kappa shape index (κ3) is 6.31. The standard InChI is InChI=1S/C34H34N6O5/c1-22(41)40(32(43)28-9-5-19-35-28)27-16-12-25(13-17-27)31-39-38-30(45-31)24-10-14-26(15-11-24)37-33(44)34(18-6-20-36-34)29(42)21-23-7-3-2-4-8-23/h2-4,7-8,10-17,28,35-36H,5-6,9,18-21H2,1H3,(H,37,44)/t28-,34-/m0/s1. The van der Waals surface area contributed by atoms with Crippen molar-refractivity contribution in [2.45, 2.75) is 50.6 Å². The van der Waals surface area contributed by atoms with Crippen LogP contribution in [-0.2, 0) is 25.6 Å². The van der Waals surface area contributed by atoms with Crippen LogP contribution in [0.25, 0.3) is 22.9 Å². The van der Waals surface area contributed by atoms with Crippen LogP contribution in [-0.4, -0.2) is 58.4 Å². The molecule has 2 atom stereocenters. The predicted molar refractivity (Wildman–Crippen MR) is 168 cm³/mol. The van der Waals surface area contributed by atoms with Crippen molar-refractivity contribution < 1.29 is 23.6 Å². The van der Waals surface area contributed by atoms with Crippen molar-refractivity contribution in [1.82, 2.24) is 20.8 Å². The van der Waals surface area contributed by atoms with Crippen molar-refractivity contribution in [3.63, 3.8) is 0 Å². The van der Waals surface area contributed by atoms with Gasteiger partial charge in [0.15, 0.2) is 11.3 Å². The average Bonchev–Trinajstić information content (AvgIpc) is 3.85. The van der Waals surface area contributed by atoms with Crippen molar-refractivity contribution in [1.29, 1.82) is 0 Å². The second-order valence-corrected chi connectivity index (χ2v) is 11.4. The second kappa shape index (κ2) is 12.9. The molecule has 45 heavy (non-hydrogen) atoms. The fourth-order valence-electron chi connectivity index (χ4n) is 5.89. The van der Waals surface area contributed by atoms with Gasteiger partial charge in [0.1, 0.15) is 0 Å². The number of imide groups is 1. The lowest BCUT2D eigenvalue weighted by molar-refractivity contribution is -0.134. The minimum absolute atomic E-state index is 0.154. The summed E-state index contributed by atoms with van der Waals surface area (Å²) < 4.78 is 5.92. The van der Waals surface area contributed by atoms with Gasteiger partial charge in [-0.05, 0) is 92.9 Å². The SMILES string of the molecule is CC(=O)N(C(=O)[C@@H]1CCCN1)c1ccc(-c2nnc(-c3ccc(NC(=O)[C@@]4(C(=O)Cc5ccccc5)CCCN4)cc3)o2)cc1. The third-order valence-electron chi connectivity index (χ3n) is 8.31. The largest absolute Gasteiger partial charge is 0.416 e. The van der Waals surface area contributed by atoms with Gasteiger partial charge in [-0.1, -0.05) is 30.3 Å². The number of rotatable bonds is 9. The Hall–Kier alpha value is -5.00. The topological polar surface area (TPSA) is 147 Å². The Labute approximate surface area is 260 Å². The van der Waals surface area contributed by atoms with E-state index in [0.717, 1.165) is 24.9 Å². The maximum Gasteiger partial charge on any atom is 0.252 e. The van der Waals surface area contributed by atoms with Crippen LogP contribution < -0.4 is 20.9 Å². The number of nitrogens with zero attached hydrogens (tertiary/aromatic N) is 3. The van der Waals surface area contributed by atoms with E-state index in [1.54, 1.807) is 48.5 Å². The molecule has 1 aromatic heterocycles. The molecular weight excluding hydrogens is 572 g/mol. The lowest BCUT2D eigenvalue weighted by Crippen LogP contribution is -2.57. The monoisotopic (exact) mass is 606 g/mol. The molecule has 6 rings (SSSR count). The molecule has 0 unspecified atom stereocenters. The molecule has 0 radical (unpaired) electrons. The summed E-state index contributed by atoms with van der Waals surface area (Å²) in [5, 5.41) is 17.6. The number of benzene rings is 3. The summed E-state index contributed by atoms with van der Waals surface area (Å²) >= 11 is 0. The van der Waals surface area contributed by atoms with Gasteiger partial charge in [0.2, 0.25) is 17.7 Å². The maximum atomic E-state index is 13.4. The molecule has 2 aliphatic heterocycles. The number of ketones is 1. The molecule has 0 saturated carbocycles. The lowest BCUT2D eigenvalue weighted by atomic mass is 9.87. The van der Waals surface area contributed by atoms with Gasteiger partial charge in [0.05, 0.1) is 11.7 Å². The van der Waals surface area contributed by atoms with Crippen LogP contribution in [0.5, 0.6) is 0 Å². The predicted octanol–water partition coefficient (Wildman–Crippen LogP) is 3.91. The van der Waals surface area contributed by atoms with Crippen LogP contribution in [0.1, 0.15) is 38.2 Å². The Kier molecular flexibility index (Phi) is 8.63. The van der Waals surface area contributed by atoms with Crippen LogP contribution >= 0.6 is 0 Å². The smallest absolute Gasteiger partial charge is 0.252 e. The number of amides is 3. The number of hydrogen-bond acceptors (Lipinski definition) is 9. The van der Waals surface area contributed by atoms with Crippen molar-refractivity contribution in [3.05, 3.63) is 84.4 Å². The molecule has 2 fully saturated rings. The number of anilines is 2. The number of carbonyl (C=O) groups is 4. The summed E-state index contributed by atoms with van der Waals surface area (Å²) in [5.74, 6) is -0.583. The minimum Gasteiger partial charge on any atom is -0.416 e. The highest BCUT2D eigenvalue weighted by molar-refractivity contribution is 6.17. The van der Waals surface area contributed by atoms with Crippen molar-refractivity contribution in [2.24, 2.45) is 0 Å². The van der Waals surface area contributed by atoms with E-state index < -0.39 is 5.54 Å². The van der Waals surface area contributed by atoms with Crippen molar-refractivity contribution >= 4 is 34.9 Å². The van der Waals surface area contributed by atoms with Crippen LogP contribution in [0.15, 0.2) is 83.3 Å². The van der Waals surface area contributed by atoms with Gasteiger partial charge in [-0.25, -0.2) is 4.90 Å². The molecule has 11 heteroatoms. The molecule has 0 aliphatic carbocycles. The summed E-state index contributed by atoms with van der Waals surface area (Å²) in [6, 6.07) is 22.8. The Balaban J connectivity index is 1.12. The van der Waals surface area contributed by atoms with Gasteiger partial charge in [-0.15, -0.1) is 10.2 Å². The first-order chi connectivity index (χ1) is 21.8. The van der Waals surface area contributed by atoms with E-state index in [2.05, 4.69) is 26.1 Å². The van der Waals surface area contributed by atoms with Gasteiger partial charge in [0, 0.05) is 30.2 Å². The first-order valence-electron chi connectivity index (χ1n) is 15.1. The number of Topliss-reactive ketones (excluding diaryl/α,β-unsaturated/α-hetero) is 1. The van der Waals surface area contributed by atoms with E-state index >= 15 is 0 Å². The molecule has 3 aromatic carbocycles. The van der Waals surface area contributed by atoms with Crippen LogP contribution in [0.2, 0.25) is 0 Å². The molecule has 230 valence electrons. The molecule has 11 nitrogen and oxygen atoms in total. The molecule has 2 aliphatic rings. The van der Waals surface area contributed by atoms with E-state index in [0.29, 0.717) is 41.9 Å². The number of nitrogens with one attached hydrogen (secondary N) is 3. The van der Waals surface area contributed by atoms with Gasteiger partial charge in [-0.3, -0.25) is 24.5 Å². The number of aromatic nitrogens is 2. The highest BCUT2D eigenvalue weighted by atomic mass is 16.4. The van der Waals surface area contributed by atoms with Gasteiger partial charge < -0.3 is 15.1 Å². The second-order valence-electron chi connectivity index (χ2n) is 11.4. The average molecular weight is 607 g/mol.